The number of nitro groups is 1. The monoisotopic (exact) mass is 392 g/mol. The highest BCUT2D eigenvalue weighted by Crippen LogP contribution is 2.34. The fourth-order valence-corrected chi connectivity index (χ4v) is 2.94. The lowest BCUT2D eigenvalue weighted by atomic mass is 9.97. The molecule has 28 heavy (non-hydrogen) atoms. The highest BCUT2D eigenvalue weighted by atomic mass is 16.6. The lowest BCUT2D eigenvalue weighted by molar-refractivity contribution is -0.385. The van der Waals surface area contributed by atoms with Crippen molar-refractivity contribution in [2.24, 2.45) is 0 Å². The first kappa shape index (κ1) is 21.2. The normalized spacial score (nSPS) is 13.3. The van der Waals surface area contributed by atoms with Crippen LogP contribution in [-0.2, 0) is 9.53 Å². The van der Waals surface area contributed by atoms with Gasteiger partial charge in [0, 0.05) is 12.6 Å². The van der Waals surface area contributed by atoms with E-state index in [1.54, 1.807) is 0 Å². The molecule has 152 valence electrons. The second-order valence-corrected chi connectivity index (χ2v) is 6.27. The van der Waals surface area contributed by atoms with Crippen molar-refractivity contribution in [2.45, 2.75) is 32.1 Å². The van der Waals surface area contributed by atoms with E-state index in [1.807, 2.05) is 0 Å². The van der Waals surface area contributed by atoms with Crippen molar-refractivity contribution in [3.63, 3.8) is 0 Å². The number of esters is 1. The highest BCUT2D eigenvalue weighted by Gasteiger charge is 2.26. The van der Waals surface area contributed by atoms with Gasteiger partial charge in [0.2, 0.25) is 0 Å². The van der Waals surface area contributed by atoms with Crippen molar-refractivity contribution in [3.8, 4) is 11.5 Å². The van der Waals surface area contributed by atoms with Crippen molar-refractivity contribution < 1.29 is 28.7 Å². The Morgan fingerprint density at radius 3 is 2.50 bits per heavy atom. The Morgan fingerprint density at radius 2 is 1.89 bits per heavy atom. The van der Waals surface area contributed by atoms with Crippen LogP contribution in [0.25, 0.3) is 0 Å². The van der Waals surface area contributed by atoms with E-state index in [0.717, 1.165) is 31.4 Å². The van der Waals surface area contributed by atoms with Crippen molar-refractivity contribution in [1.82, 2.24) is 5.32 Å². The number of nitrogens with zero attached hydrogens (tertiary/aromatic N) is 1. The van der Waals surface area contributed by atoms with Gasteiger partial charge >= 0.3 is 5.97 Å². The summed E-state index contributed by atoms with van der Waals surface area (Å²) in [5, 5.41) is 13.9. The standard InChI is InChI=1S/C19H24N2O7/c1-26-16-10-14(15(21(24)25)11-17(16)27-2)19(23)28-12-18(22)20-9-8-13-6-4-3-5-7-13/h6,10-11H,3-5,7-9,12H2,1-2H3,(H,20,22). The molecule has 0 bridgehead atoms. The van der Waals surface area contributed by atoms with E-state index in [0.29, 0.717) is 6.54 Å². The lowest BCUT2D eigenvalue weighted by Gasteiger charge is -2.13. The van der Waals surface area contributed by atoms with Gasteiger partial charge in [0.15, 0.2) is 18.1 Å². The van der Waals surface area contributed by atoms with Gasteiger partial charge in [-0.3, -0.25) is 14.9 Å². The zero-order valence-electron chi connectivity index (χ0n) is 16.0. The fraction of sp³-hybridized carbons (Fsp3) is 0.474. The molecule has 0 unspecified atom stereocenters. The van der Waals surface area contributed by atoms with Crippen LogP contribution in [0.4, 0.5) is 5.69 Å². The smallest absolute Gasteiger partial charge is 0.345 e. The van der Waals surface area contributed by atoms with Gasteiger partial charge in [0.25, 0.3) is 11.6 Å². The largest absolute Gasteiger partial charge is 0.493 e. The molecule has 1 aliphatic carbocycles. The van der Waals surface area contributed by atoms with Crippen LogP contribution in [0.2, 0.25) is 0 Å². The number of methoxy groups -OCH3 is 2. The molecule has 0 saturated heterocycles. The lowest BCUT2D eigenvalue weighted by Crippen LogP contribution is -2.30. The molecule has 1 amide bonds. The summed E-state index contributed by atoms with van der Waals surface area (Å²) >= 11 is 0. The van der Waals surface area contributed by atoms with E-state index in [9.17, 15) is 19.7 Å². The molecule has 9 heteroatoms. The Labute approximate surface area is 162 Å². The summed E-state index contributed by atoms with van der Waals surface area (Å²) in [6.07, 6.45) is 7.46. The third kappa shape index (κ3) is 5.70. The molecule has 1 N–H and O–H groups in total. The number of carbonyl (C=O) groups excluding carboxylic acids is 2. The number of nitro benzene ring substituents is 1. The van der Waals surface area contributed by atoms with Gasteiger partial charge in [0.1, 0.15) is 5.56 Å². The maximum absolute atomic E-state index is 12.3. The molecule has 1 aromatic carbocycles. The first-order valence-electron chi connectivity index (χ1n) is 8.98. The topological polar surface area (TPSA) is 117 Å². The minimum Gasteiger partial charge on any atom is -0.493 e. The Hall–Kier alpha value is -3.10. The third-order valence-electron chi connectivity index (χ3n) is 4.41. The SMILES string of the molecule is COc1cc(C(=O)OCC(=O)NCCC2=CCCCC2)c([N+](=O)[O-])cc1OC. The summed E-state index contributed by atoms with van der Waals surface area (Å²) in [6.45, 7) is -0.0674. The zero-order valence-corrected chi connectivity index (χ0v) is 16.0. The number of allylic oxidation sites excluding steroid dienone is 1. The first-order valence-corrected chi connectivity index (χ1v) is 8.98. The molecule has 0 aliphatic heterocycles. The summed E-state index contributed by atoms with van der Waals surface area (Å²) in [7, 11) is 2.67. The van der Waals surface area contributed by atoms with Crippen LogP contribution in [0.1, 0.15) is 42.5 Å². The summed E-state index contributed by atoms with van der Waals surface area (Å²) in [5.41, 5.74) is 0.514. The van der Waals surface area contributed by atoms with Crippen LogP contribution in [0.3, 0.4) is 0 Å². The second kappa shape index (κ2) is 10.3. The van der Waals surface area contributed by atoms with Crippen LogP contribution >= 0.6 is 0 Å². The first-order chi connectivity index (χ1) is 13.5. The Morgan fingerprint density at radius 1 is 1.18 bits per heavy atom. The molecule has 0 aromatic heterocycles. The summed E-state index contributed by atoms with van der Waals surface area (Å²) in [6, 6.07) is 2.24. The summed E-state index contributed by atoms with van der Waals surface area (Å²) < 4.78 is 15.0. The third-order valence-corrected chi connectivity index (χ3v) is 4.41. The second-order valence-electron chi connectivity index (χ2n) is 6.27. The van der Waals surface area contributed by atoms with Gasteiger partial charge < -0.3 is 19.5 Å². The highest BCUT2D eigenvalue weighted by molar-refractivity contribution is 5.96. The molecule has 9 nitrogen and oxygen atoms in total. The molecule has 1 aliphatic rings. The molecule has 0 spiro atoms. The van der Waals surface area contributed by atoms with Gasteiger partial charge in [-0.25, -0.2) is 4.79 Å². The van der Waals surface area contributed by atoms with Crippen molar-refractivity contribution in [2.75, 3.05) is 27.4 Å². The maximum atomic E-state index is 12.3. The molecule has 0 fully saturated rings. The van der Waals surface area contributed by atoms with Crippen molar-refractivity contribution >= 4 is 17.6 Å². The maximum Gasteiger partial charge on any atom is 0.345 e. The molecular weight excluding hydrogens is 368 g/mol. The molecule has 0 heterocycles. The number of ether oxygens (including phenoxy) is 3. The quantitative estimate of drug-likeness (QED) is 0.297. The number of nitrogens with one attached hydrogen (secondary N) is 1. The van der Waals surface area contributed by atoms with E-state index < -0.39 is 29.1 Å². The number of amides is 1. The number of benzene rings is 1. The van der Waals surface area contributed by atoms with Crippen LogP contribution in [0.15, 0.2) is 23.8 Å². The Bertz CT molecular complexity index is 774. The Balaban J connectivity index is 1.93. The number of hydrogen-bond donors (Lipinski definition) is 1. The minimum absolute atomic E-state index is 0.112. The van der Waals surface area contributed by atoms with Gasteiger partial charge in [-0.1, -0.05) is 11.6 Å². The predicted octanol–water partition coefficient (Wildman–Crippen LogP) is 2.78. The average molecular weight is 392 g/mol. The molecule has 0 radical (unpaired) electrons. The van der Waals surface area contributed by atoms with Crippen molar-refractivity contribution in [1.29, 1.82) is 0 Å². The molecule has 0 saturated carbocycles. The number of rotatable bonds is 9. The van der Waals surface area contributed by atoms with E-state index in [-0.39, 0.29) is 17.1 Å². The van der Waals surface area contributed by atoms with Crippen LogP contribution in [0.5, 0.6) is 11.5 Å². The number of carbonyl (C=O) groups is 2. The van der Waals surface area contributed by atoms with Gasteiger partial charge in [-0.2, -0.15) is 0 Å². The summed E-state index contributed by atoms with van der Waals surface area (Å²) in [4.78, 5) is 34.6. The van der Waals surface area contributed by atoms with Gasteiger partial charge in [-0.15, -0.1) is 0 Å². The zero-order chi connectivity index (χ0) is 20.5. The number of hydrogen-bond acceptors (Lipinski definition) is 7. The van der Waals surface area contributed by atoms with Crippen LogP contribution < -0.4 is 14.8 Å². The predicted molar refractivity (Wildman–Crippen MR) is 101 cm³/mol. The van der Waals surface area contributed by atoms with Crippen LogP contribution in [-0.4, -0.2) is 44.2 Å². The Kier molecular flexibility index (Phi) is 7.79. The van der Waals surface area contributed by atoms with E-state index in [2.05, 4.69) is 11.4 Å². The molecule has 1 aromatic rings. The fourth-order valence-electron chi connectivity index (χ4n) is 2.94. The summed E-state index contributed by atoms with van der Waals surface area (Å²) in [5.74, 6) is -1.20. The molecule has 2 rings (SSSR count). The van der Waals surface area contributed by atoms with E-state index >= 15 is 0 Å². The molecule has 0 atom stereocenters. The van der Waals surface area contributed by atoms with E-state index in [1.165, 1.54) is 32.6 Å². The average Bonchev–Trinajstić information content (AvgIpc) is 2.71. The van der Waals surface area contributed by atoms with Crippen LogP contribution in [0, 0.1) is 10.1 Å². The van der Waals surface area contributed by atoms with Gasteiger partial charge in [0.05, 0.1) is 25.2 Å². The van der Waals surface area contributed by atoms with E-state index in [4.69, 9.17) is 14.2 Å². The molecular formula is C19H24N2O7. The van der Waals surface area contributed by atoms with Crippen molar-refractivity contribution in [3.05, 3.63) is 39.5 Å². The van der Waals surface area contributed by atoms with Gasteiger partial charge in [-0.05, 0) is 32.1 Å². The minimum atomic E-state index is -0.988.